The van der Waals surface area contributed by atoms with Gasteiger partial charge in [0.25, 0.3) is 0 Å². The molecule has 0 aliphatic carbocycles. The molecule has 0 amide bonds. The zero-order chi connectivity index (χ0) is 14.3. The number of rotatable bonds is 3. The van der Waals surface area contributed by atoms with Gasteiger partial charge in [0.2, 0.25) is 0 Å². The summed E-state index contributed by atoms with van der Waals surface area (Å²) in [6, 6.07) is 5.93. The largest absolute Gasteiger partial charge is 0.380 e. The molecule has 3 rings (SSSR count). The second-order valence-corrected chi connectivity index (χ2v) is 5.80. The number of aromatic nitrogens is 4. The lowest BCUT2D eigenvalue weighted by molar-refractivity contribution is 0.200. The fraction of sp³-hybridized carbons (Fsp3) is 0.286. The van der Waals surface area contributed by atoms with Gasteiger partial charge in [-0.2, -0.15) is 5.10 Å². The Morgan fingerprint density at radius 3 is 2.80 bits per heavy atom. The number of pyridine rings is 1. The van der Waals surface area contributed by atoms with Crippen molar-refractivity contribution in [2.45, 2.75) is 26.0 Å². The molecule has 3 heterocycles. The van der Waals surface area contributed by atoms with E-state index in [4.69, 9.17) is 0 Å². The monoisotopic (exact) mass is 334 g/mol. The smallest absolute Gasteiger partial charge is 0.140 e. The van der Waals surface area contributed by atoms with Crippen molar-refractivity contribution in [3.05, 3.63) is 52.7 Å². The molecule has 0 aliphatic heterocycles. The molecule has 0 fully saturated rings. The Morgan fingerprint density at radius 1 is 1.30 bits per heavy atom. The Labute approximate surface area is 125 Å². The Kier molecular flexibility index (Phi) is 3.35. The van der Waals surface area contributed by atoms with Gasteiger partial charge < -0.3 is 9.51 Å². The number of hydrogen-bond acceptors (Lipinski definition) is 3. The van der Waals surface area contributed by atoms with E-state index >= 15 is 0 Å². The summed E-state index contributed by atoms with van der Waals surface area (Å²) in [7, 11) is 0. The van der Waals surface area contributed by atoms with Crippen LogP contribution in [0.5, 0.6) is 0 Å². The number of imidazole rings is 1. The first-order chi connectivity index (χ1) is 9.58. The molecule has 1 atom stereocenters. The number of fused-ring (bicyclic) bond motifs is 1. The molecule has 0 radical (unpaired) electrons. The lowest BCUT2D eigenvalue weighted by atomic mass is 10.2. The van der Waals surface area contributed by atoms with Gasteiger partial charge in [0, 0.05) is 18.4 Å². The quantitative estimate of drug-likeness (QED) is 0.801. The van der Waals surface area contributed by atoms with Crippen LogP contribution in [0.25, 0.3) is 5.65 Å². The van der Waals surface area contributed by atoms with Crippen molar-refractivity contribution < 1.29 is 5.11 Å². The maximum absolute atomic E-state index is 10.6. The molecule has 104 valence electrons. The number of nitrogens with zero attached hydrogens (tertiary/aromatic N) is 4. The summed E-state index contributed by atoms with van der Waals surface area (Å²) in [5, 5.41) is 14.9. The molecule has 5 nitrogen and oxygen atoms in total. The number of hydrogen-bond donors (Lipinski definition) is 1. The predicted molar refractivity (Wildman–Crippen MR) is 79.6 cm³/mol. The third-order valence-corrected chi connectivity index (χ3v) is 3.81. The Balaban J connectivity index is 2.08. The molecule has 0 saturated heterocycles. The van der Waals surface area contributed by atoms with Gasteiger partial charge in [0.15, 0.2) is 0 Å². The van der Waals surface area contributed by atoms with Crippen LogP contribution in [0.4, 0.5) is 0 Å². The third-order valence-electron chi connectivity index (χ3n) is 3.20. The minimum absolute atomic E-state index is 0.169. The molecule has 6 heteroatoms. The maximum Gasteiger partial charge on any atom is 0.140 e. The summed E-state index contributed by atoms with van der Waals surface area (Å²) in [5.74, 6) is 0. The van der Waals surface area contributed by atoms with E-state index in [9.17, 15) is 5.11 Å². The van der Waals surface area contributed by atoms with E-state index in [1.54, 1.807) is 10.9 Å². The average Bonchev–Trinajstić information content (AvgIpc) is 3.01. The van der Waals surface area contributed by atoms with E-state index in [1.807, 2.05) is 48.8 Å². The van der Waals surface area contributed by atoms with Gasteiger partial charge in [-0.15, -0.1) is 0 Å². The summed E-state index contributed by atoms with van der Waals surface area (Å²) in [6.07, 6.45) is 4.64. The number of halogens is 1. The molecule has 1 N–H and O–H groups in total. The SMILES string of the molecule is CC(C)n1ncc(Br)c1C(O)c1cn2ccccc2n1. The highest BCUT2D eigenvalue weighted by Gasteiger charge is 2.23. The van der Waals surface area contributed by atoms with E-state index in [1.165, 1.54) is 0 Å². The van der Waals surface area contributed by atoms with Crippen LogP contribution >= 0.6 is 15.9 Å². The second kappa shape index (κ2) is 5.03. The summed E-state index contributed by atoms with van der Waals surface area (Å²) in [5.41, 5.74) is 2.15. The number of aliphatic hydroxyl groups excluding tert-OH is 1. The summed E-state index contributed by atoms with van der Waals surface area (Å²) in [4.78, 5) is 4.46. The fourth-order valence-electron chi connectivity index (χ4n) is 2.24. The Morgan fingerprint density at radius 2 is 2.10 bits per heavy atom. The highest BCUT2D eigenvalue weighted by atomic mass is 79.9. The summed E-state index contributed by atoms with van der Waals surface area (Å²) < 4.78 is 4.48. The minimum Gasteiger partial charge on any atom is -0.380 e. The van der Waals surface area contributed by atoms with Crippen molar-refractivity contribution in [3.63, 3.8) is 0 Å². The minimum atomic E-state index is -0.811. The van der Waals surface area contributed by atoms with Crippen LogP contribution in [0.2, 0.25) is 0 Å². The van der Waals surface area contributed by atoms with Crippen LogP contribution in [0.15, 0.2) is 41.3 Å². The van der Waals surface area contributed by atoms with Crippen LogP contribution in [-0.4, -0.2) is 24.3 Å². The van der Waals surface area contributed by atoms with Crippen molar-refractivity contribution in [2.24, 2.45) is 0 Å². The molecular weight excluding hydrogens is 320 g/mol. The molecule has 0 spiro atoms. The van der Waals surface area contributed by atoms with Crippen LogP contribution in [-0.2, 0) is 0 Å². The van der Waals surface area contributed by atoms with Crippen LogP contribution in [0.3, 0.4) is 0 Å². The highest BCUT2D eigenvalue weighted by molar-refractivity contribution is 9.10. The number of aliphatic hydroxyl groups is 1. The van der Waals surface area contributed by atoms with Crippen LogP contribution in [0.1, 0.15) is 37.4 Å². The zero-order valence-electron chi connectivity index (χ0n) is 11.2. The standard InChI is InChI=1S/C14H15BrN4O/c1-9(2)19-13(10(15)7-16-19)14(20)11-8-18-6-4-3-5-12(18)17-11/h3-9,14,20H,1-2H3. The van der Waals surface area contributed by atoms with E-state index in [2.05, 4.69) is 26.0 Å². The van der Waals surface area contributed by atoms with Gasteiger partial charge >= 0.3 is 0 Å². The van der Waals surface area contributed by atoms with Gasteiger partial charge in [0.05, 0.1) is 22.1 Å². The fourth-order valence-corrected chi connectivity index (χ4v) is 2.73. The molecular formula is C14H15BrN4O. The lowest BCUT2D eigenvalue weighted by Crippen LogP contribution is -2.12. The van der Waals surface area contributed by atoms with E-state index in [0.717, 1.165) is 15.8 Å². The molecule has 0 aliphatic rings. The van der Waals surface area contributed by atoms with E-state index in [-0.39, 0.29) is 6.04 Å². The van der Waals surface area contributed by atoms with Crippen LogP contribution < -0.4 is 0 Å². The zero-order valence-corrected chi connectivity index (χ0v) is 12.8. The van der Waals surface area contributed by atoms with Crippen molar-refractivity contribution in [1.29, 1.82) is 0 Å². The average molecular weight is 335 g/mol. The first kappa shape index (κ1) is 13.3. The Hall–Kier alpha value is -1.66. The van der Waals surface area contributed by atoms with E-state index < -0.39 is 6.10 Å². The van der Waals surface area contributed by atoms with Crippen LogP contribution in [0, 0.1) is 0 Å². The lowest BCUT2D eigenvalue weighted by Gasteiger charge is -2.15. The molecule has 20 heavy (non-hydrogen) atoms. The molecule has 3 aromatic heterocycles. The second-order valence-electron chi connectivity index (χ2n) is 4.95. The molecule has 0 aromatic carbocycles. The molecule has 3 aromatic rings. The highest BCUT2D eigenvalue weighted by Crippen LogP contribution is 2.30. The molecule has 0 saturated carbocycles. The topological polar surface area (TPSA) is 55.3 Å². The predicted octanol–water partition coefficient (Wildman–Crippen LogP) is 2.96. The van der Waals surface area contributed by atoms with Gasteiger partial charge in [0.1, 0.15) is 11.8 Å². The normalized spacial score (nSPS) is 13.2. The van der Waals surface area contributed by atoms with Crippen molar-refractivity contribution in [1.82, 2.24) is 19.2 Å². The van der Waals surface area contributed by atoms with Gasteiger partial charge in [-0.25, -0.2) is 4.98 Å². The molecule has 1 unspecified atom stereocenters. The summed E-state index contributed by atoms with van der Waals surface area (Å²) in [6.45, 7) is 4.05. The Bertz CT molecular complexity index is 714. The third kappa shape index (κ3) is 2.14. The van der Waals surface area contributed by atoms with Crippen molar-refractivity contribution >= 4 is 21.6 Å². The summed E-state index contributed by atoms with van der Waals surface area (Å²) >= 11 is 3.45. The van der Waals surface area contributed by atoms with Gasteiger partial charge in [-0.05, 0) is 41.9 Å². The van der Waals surface area contributed by atoms with E-state index in [0.29, 0.717) is 5.69 Å². The molecule has 0 bridgehead atoms. The van der Waals surface area contributed by atoms with Gasteiger partial charge in [-0.3, -0.25) is 4.68 Å². The first-order valence-electron chi connectivity index (χ1n) is 6.42. The van der Waals surface area contributed by atoms with Gasteiger partial charge in [-0.1, -0.05) is 6.07 Å². The van der Waals surface area contributed by atoms with Crippen molar-refractivity contribution in [3.8, 4) is 0 Å². The first-order valence-corrected chi connectivity index (χ1v) is 7.22. The van der Waals surface area contributed by atoms with Crippen molar-refractivity contribution in [2.75, 3.05) is 0 Å². The maximum atomic E-state index is 10.6.